The number of nitrogen functional groups attached to an aromatic ring is 1. The summed E-state index contributed by atoms with van der Waals surface area (Å²) in [4.78, 5) is 32.0. The van der Waals surface area contributed by atoms with Crippen LogP contribution in [0.4, 0.5) is 5.95 Å². The molecular formula is C18H21N7O3. The van der Waals surface area contributed by atoms with Crippen LogP contribution in [0.15, 0.2) is 29.1 Å². The van der Waals surface area contributed by atoms with Gasteiger partial charge in [0, 0.05) is 18.0 Å². The van der Waals surface area contributed by atoms with Gasteiger partial charge < -0.3 is 16.2 Å². The number of aliphatic hydroxyl groups is 1. The minimum absolute atomic E-state index is 0.0393. The second kappa shape index (κ2) is 7.39. The number of aromatic nitrogens is 5. The standard InChI is InChI=1S/C18H21N7O3/c19-18-21-15-14(17(28)22-18)23-25(24-15)12-6-3-5-10(8-12)16(27)20-9-11-4-1-2-7-13(11)26/h3,5-6,8,11,13,26H,1-2,4,7,9H2,(H,20,27)(H3,19,21,22,24,28)/t11-,13-/m1/s1. The van der Waals surface area contributed by atoms with Gasteiger partial charge in [-0.05, 0) is 31.0 Å². The summed E-state index contributed by atoms with van der Waals surface area (Å²) >= 11 is 0. The van der Waals surface area contributed by atoms with Gasteiger partial charge >= 0.3 is 0 Å². The topological polar surface area (TPSA) is 152 Å². The fraction of sp³-hybridized carbons (Fsp3) is 0.389. The number of aromatic amines is 1. The lowest BCUT2D eigenvalue weighted by molar-refractivity contribution is 0.0663. The number of H-pyrrole nitrogens is 1. The van der Waals surface area contributed by atoms with Crippen LogP contribution < -0.4 is 16.6 Å². The number of benzene rings is 1. The molecule has 1 aromatic carbocycles. The van der Waals surface area contributed by atoms with Gasteiger partial charge in [0.05, 0.1) is 11.8 Å². The molecule has 5 N–H and O–H groups in total. The van der Waals surface area contributed by atoms with E-state index in [0.717, 1.165) is 25.7 Å². The van der Waals surface area contributed by atoms with Crippen molar-refractivity contribution in [1.29, 1.82) is 0 Å². The van der Waals surface area contributed by atoms with Gasteiger partial charge in [-0.1, -0.05) is 18.9 Å². The molecule has 0 bridgehead atoms. The van der Waals surface area contributed by atoms with E-state index in [1.165, 1.54) is 4.80 Å². The van der Waals surface area contributed by atoms with Gasteiger partial charge in [0.2, 0.25) is 11.6 Å². The zero-order chi connectivity index (χ0) is 19.7. The molecule has 10 nitrogen and oxygen atoms in total. The lowest BCUT2D eigenvalue weighted by Gasteiger charge is -2.27. The second-order valence-corrected chi connectivity index (χ2v) is 6.99. The highest BCUT2D eigenvalue weighted by atomic mass is 16.3. The monoisotopic (exact) mass is 383 g/mol. The molecule has 0 radical (unpaired) electrons. The van der Waals surface area contributed by atoms with Crippen molar-refractivity contribution in [3.05, 3.63) is 40.2 Å². The highest BCUT2D eigenvalue weighted by Gasteiger charge is 2.23. The number of amides is 1. The Bertz CT molecular complexity index is 1070. The summed E-state index contributed by atoms with van der Waals surface area (Å²) in [6, 6.07) is 6.74. The predicted octanol–water partition coefficient (Wildman–Crippen LogP) is 0.367. The largest absolute Gasteiger partial charge is 0.393 e. The van der Waals surface area contributed by atoms with Crippen molar-refractivity contribution >= 4 is 23.0 Å². The highest BCUT2D eigenvalue weighted by Crippen LogP contribution is 2.23. The van der Waals surface area contributed by atoms with Crippen LogP contribution in [0.5, 0.6) is 0 Å². The molecule has 3 aromatic rings. The van der Waals surface area contributed by atoms with E-state index in [9.17, 15) is 14.7 Å². The van der Waals surface area contributed by atoms with E-state index >= 15 is 0 Å². The van der Waals surface area contributed by atoms with E-state index in [4.69, 9.17) is 5.73 Å². The average molecular weight is 383 g/mol. The third-order valence-electron chi connectivity index (χ3n) is 5.01. The molecule has 1 aliphatic rings. The molecule has 28 heavy (non-hydrogen) atoms. The first-order chi connectivity index (χ1) is 13.5. The maximum Gasteiger partial charge on any atom is 0.282 e. The molecule has 146 valence electrons. The maximum absolute atomic E-state index is 12.5. The van der Waals surface area contributed by atoms with Gasteiger partial charge in [0.25, 0.3) is 11.5 Å². The number of hydrogen-bond donors (Lipinski definition) is 4. The molecule has 0 spiro atoms. The molecule has 2 heterocycles. The Kier molecular flexibility index (Phi) is 4.78. The molecule has 1 fully saturated rings. The lowest BCUT2D eigenvalue weighted by atomic mass is 9.86. The number of hydrogen-bond acceptors (Lipinski definition) is 7. The molecule has 1 saturated carbocycles. The Morgan fingerprint density at radius 2 is 2.14 bits per heavy atom. The summed E-state index contributed by atoms with van der Waals surface area (Å²) in [5.41, 5.74) is 6.19. The Balaban J connectivity index is 1.53. The first-order valence-corrected chi connectivity index (χ1v) is 9.21. The lowest BCUT2D eigenvalue weighted by Crippen LogP contribution is -2.36. The van der Waals surface area contributed by atoms with Crippen LogP contribution in [0.2, 0.25) is 0 Å². The summed E-state index contributed by atoms with van der Waals surface area (Å²) in [7, 11) is 0. The molecule has 1 amide bonds. The van der Waals surface area contributed by atoms with Crippen molar-refractivity contribution in [3.8, 4) is 5.69 Å². The summed E-state index contributed by atoms with van der Waals surface area (Å²) in [5, 5.41) is 21.2. The fourth-order valence-electron chi connectivity index (χ4n) is 3.48. The summed E-state index contributed by atoms with van der Waals surface area (Å²) < 4.78 is 0. The Morgan fingerprint density at radius 3 is 2.96 bits per heavy atom. The molecule has 0 unspecified atom stereocenters. The average Bonchev–Trinajstić information content (AvgIpc) is 3.12. The SMILES string of the molecule is Nc1nc2nn(-c3cccc(C(=O)NC[C@H]4CCCC[C@H]4O)c3)nc2c(=O)[nH]1. The number of anilines is 1. The normalized spacial score (nSPS) is 19.6. The predicted molar refractivity (Wildman–Crippen MR) is 102 cm³/mol. The molecule has 4 rings (SSSR count). The van der Waals surface area contributed by atoms with E-state index in [0.29, 0.717) is 17.8 Å². The van der Waals surface area contributed by atoms with E-state index in [1.54, 1.807) is 24.3 Å². The molecule has 2 aromatic heterocycles. The first kappa shape index (κ1) is 18.1. The van der Waals surface area contributed by atoms with Crippen LogP contribution in [0.25, 0.3) is 16.9 Å². The third kappa shape index (κ3) is 3.58. The molecule has 0 saturated heterocycles. The van der Waals surface area contributed by atoms with Gasteiger partial charge in [0.1, 0.15) is 0 Å². The molecule has 2 atom stereocenters. The molecular weight excluding hydrogens is 362 g/mol. The summed E-state index contributed by atoms with van der Waals surface area (Å²) in [6.45, 7) is 0.437. The number of aliphatic hydroxyl groups excluding tert-OH is 1. The van der Waals surface area contributed by atoms with E-state index in [-0.39, 0.29) is 35.0 Å². The van der Waals surface area contributed by atoms with E-state index in [2.05, 4.69) is 25.5 Å². The smallest absolute Gasteiger partial charge is 0.282 e. The van der Waals surface area contributed by atoms with Crippen LogP contribution in [-0.4, -0.2) is 48.6 Å². The Hall–Kier alpha value is -3.27. The quantitative estimate of drug-likeness (QED) is 0.508. The number of carbonyl (C=O) groups excluding carboxylic acids is 1. The van der Waals surface area contributed by atoms with Crippen LogP contribution in [0, 0.1) is 5.92 Å². The van der Waals surface area contributed by atoms with E-state index < -0.39 is 5.56 Å². The maximum atomic E-state index is 12.5. The Labute approximate surface area is 159 Å². The van der Waals surface area contributed by atoms with Gasteiger partial charge in [0.15, 0.2) is 5.52 Å². The van der Waals surface area contributed by atoms with Crippen molar-refractivity contribution < 1.29 is 9.90 Å². The number of nitrogens with two attached hydrogens (primary N) is 1. The van der Waals surface area contributed by atoms with Gasteiger partial charge in [-0.15, -0.1) is 15.0 Å². The minimum Gasteiger partial charge on any atom is -0.393 e. The molecule has 10 heteroatoms. The van der Waals surface area contributed by atoms with Crippen LogP contribution in [0.3, 0.4) is 0 Å². The van der Waals surface area contributed by atoms with Crippen molar-refractivity contribution in [3.63, 3.8) is 0 Å². The van der Waals surface area contributed by atoms with Gasteiger partial charge in [-0.2, -0.15) is 4.98 Å². The first-order valence-electron chi connectivity index (χ1n) is 9.21. The van der Waals surface area contributed by atoms with Crippen molar-refractivity contribution in [2.24, 2.45) is 5.92 Å². The van der Waals surface area contributed by atoms with Crippen LogP contribution >= 0.6 is 0 Å². The number of fused-ring (bicyclic) bond motifs is 1. The second-order valence-electron chi connectivity index (χ2n) is 6.99. The number of carbonyl (C=O) groups is 1. The molecule has 1 aliphatic carbocycles. The zero-order valence-corrected chi connectivity index (χ0v) is 15.1. The highest BCUT2D eigenvalue weighted by molar-refractivity contribution is 5.94. The zero-order valence-electron chi connectivity index (χ0n) is 15.1. The van der Waals surface area contributed by atoms with Crippen LogP contribution in [-0.2, 0) is 0 Å². The fourth-order valence-corrected chi connectivity index (χ4v) is 3.48. The molecule has 0 aliphatic heterocycles. The number of nitrogens with one attached hydrogen (secondary N) is 2. The van der Waals surface area contributed by atoms with Gasteiger partial charge in [-0.3, -0.25) is 14.6 Å². The number of nitrogens with zero attached hydrogens (tertiary/aromatic N) is 4. The van der Waals surface area contributed by atoms with Crippen molar-refractivity contribution in [2.75, 3.05) is 12.3 Å². The van der Waals surface area contributed by atoms with Gasteiger partial charge in [-0.25, -0.2) is 0 Å². The minimum atomic E-state index is -0.478. The van der Waals surface area contributed by atoms with Crippen molar-refractivity contribution in [1.82, 2.24) is 30.3 Å². The summed E-state index contributed by atoms with van der Waals surface area (Å²) in [6.07, 6.45) is 3.44. The van der Waals surface area contributed by atoms with Crippen molar-refractivity contribution in [2.45, 2.75) is 31.8 Å². The Morgan fingerprint density at radius 1 is 1.32 bits per heavy atom. The summed E-state index contributed by atoms with van der Waals surface area (Å²) in [5.74, 6) is -0.193. The van der Waals surface area contributed by atoms with E-state index in [1.807, 2.05) is 0 Å². The number of rotatable bonds is 4. The third-order valence-corrected chi connectivity index (χ3v) is 5.01. The van der Waals surface area contributed by atoms with Crippen LogP contribution in [0.1, 0.15) is 36.0 Å².